The number of carbonyl (C=O) groups is 2. The average molecular weight is 501 g/mol. The van der Waals surface area contributed by atoms with Crippen LogP contribution in [0.4, 0.5) is 5.82 Å². The van der Waals surface area contributed by atoms with E-state index in [1.165, 1.54) is 11.4 Å². The van der Waals surface area contributed by atoms with E-state index in [0.29, 0.717) is 35.6 Å². The molecule has 0 saturated carbocycles. The van der Waals surface area contributed by atoms with Gasteiger partial charge in [0.15, 0.2) is 17.3 Å². The number of rotatable bonds is 5. The number of amides is 1. The molecule has 0 aliphatic carbocycles. The highest BCUT2D eigenvalue weighted by atomic mass is 16.3. The summed E-state index contributed by atoms with van der Waals surface area (Å²) in [5.74, 6) is 0.520. The van der Waals surface area contributed by atoms with Crippen LogP contribution < -0.4 is 5.73 Å². The summed E-state index contributed by atoms with van der Waals surface area (Å²) in [6.07, 6.45) is 8.30. The number of ketones is 1. The Balaban J connectivity index is 1.41. The fourth-order valence-corrected chi connectivity index (χ4v) is 6.02. The summed E-state index contributed by atoms with van der Waals surface area (Å²) < 4.78 is 1.51. The normalized spacial score (nSPS) is 21.1. The summed E-state index contributed by atoms with van der Waals surface area (Å²) in [4.78, 5) is 44.0. The highest BCUT2D eigenvalue weighted by Crippen LogP contribution is 2.44. The number of nitrogens with zero attached hydrogens (tertiary/aromatic N) is 6. The van der Waals surface area contributed by atoms with Gasteiger partial charge in [-0.2, -0.15) is 9.61 Å². The van der Waals surface area contributed by atoms with Crippen molar-refractivity contribution in [3.05, 3.63) is 47.7 Å². The summed E-state index contributed by atoms with van der Waals surface area (Å²) in [5.41, 5.74) is 11.4. The number of anilines is 1. The number of aromatic amines is 1. The lowest BCUT2D eigenvalue weighted by atomic mass is 9.85. The Kier molecular flexibility index (Phi) is 5.52. The highest BCUT2D eigenvalue weighted by molar-refractivity contribution is 6.00. The van der Waals surface area contributed by atoms with E-state index in [2.05, 4.69) is 20.1 Å². The number of carbonyl (C=O) groups excluding carboxylic acids is 2. The number of fused-ring (bicyclic) bond motifs is 3. The third-order valence-electron chi connectivity index (χ3n) is 7.63. The number of hydrogen-bond acceptors (Lipinski definition) is 8. The lowest BCUT2D eigenvalue weighted by molar-refractivity contribution is -0.138. The predicted molar refractivity (Wildman–Crippen MR) is 136 cm³/mol. The maximum Gasteiger partial charge on any atom is 0.248 e. The van der Waals surface area contributed by atoms with Crippen molar-refractivity contribution < 1.29 is 14.7 Å². The van der Waals surface area contributed by atoms with Crippen molar-refractivity contribution in [2.24, 2.45) is 0 Å². The molecule has 4 aromatic heterocycles. The number of aromatic nitrogens is 6. The van der Waals surface area contributed by atoms with Crippen molar-refractivity contribution >= 4 is 23.2 Å². The Hall–Kier alpha value is -4.12. The van der Waals surface area contributed by atoms with Gasteiger partial charge < -0.3 is 20.7 Å². The lowest BCUT2D eigenvalue weighted by Gasteiger charge is -2.39. The van der Waals surface area contributed by atoms with Crippen LogP contribution in [0.5, 0.6) is 0 Å². The molecule has 2 fully saturated rings. The molecule has 37 heavy (non-hydrogen) atoms. The first kappa shape index (κ1) is 23.3. The molecule has 4 N–H and O–H groups in total. The van der Waals surface area contributed by atoms with Crippen LogP contribution in [0, 0.1) is 6.92 Å². The summed E-state index contributed by atoms with van der Waals surface area (Å²) in [5, 5.41) is 13.9. The molecule has 4 aromatic rings. The van der Waals surface area contributed by atoms with Crippen LogP contribution in [0.2, 0.25) is 0 Å². The number of aryl methyl sites for hydroxylation is 1. The minimum absolute atomic E-state index is 0.0221. The van der Waals surface area contributed by atoms with E-state index >= 15 is 0 Å². The Labute approximate surface area is 212 Å². The molecule has 2 saturated heterocycles. The van der Waals surface area contributed by atoms with Crippen molar-refractivity contribution in [1.82, 2.24) is 34.4 Å². The van der Waals surface area contributed by atoms with Gasteiger partial charge in [0.1, 0.15) is 18.1 Å². The highest BCUT2D eigenvalue weighted by Gasteiger charge is 2.44. The molecule has 0 aromatic carbocycles. The number of nitrogens with two attached hydrogens (primary N) is 1. The van der Waals surface area contributed by atoms with Gasteiger partial charge in [0.25, 0.3) is 0 Å². The minimum atomic E-state index is -0.487. The second-order valence-corrected chi connectivity index (χ2v) is 9.97. The van der Waals surface area contributed by atoms with Gasteiger partial charge in [-0.15, -0.1) is 0 Å². The number of nitrogens with one attached hydrogen (secondary N) is 1. The van der Waals surface area contributed by atoms with Gasteiger partial charge in [0.2, 0.25) is 5.91 Å². The fourth-order valence-electron chi connectivity index (χ4n) is 6.02. The van der Waals surface area contributed by atoms with Gasteiger partial charge in [-0.25, -0.2) is 9.97 Å². The van der Waals surface area contributed by atoms with Crippen molar-refractivity contribution in [2.75, 3.05) is 12.3 Å². The topological polar surface area (TPSA) is 155 Å². The molecule has 2 aliphatic rings. The number of pyridine rings is 1. The van der Waals surface area contributed by atoms with E-state index in [1.54, 1.807) is 18.6 Å². The Morgan fingerprint density at radius 2 is 1.89 bits per heavy atom. The zero-order valence-electron chi connectivity index (χ0n) is 20.7. The van der Waals surface area contributed by atoms with E-state index in [4.69, 9.17) is 10.7 Å². The van der Waals surface area contributed by atoms with E-state index in [0.717, 1.165) is 35.4 Å². The molecule has 0 radical (unpaired) electrons. The van der Waals surface area contributed by atoms with E-state index in [1.807, 2.05) is 24.0 Å². The van der Waals surface area contributed by atoms with E-state index < -0.39 is 6.61 Å². The van der Waals surface area contributed by atoms with Crippen molar-refractivity contribution in [1.29, 1.82) is 0 Å². The van der Waals surface area contributed by atoms with Gasteiger partial charge in [-0.3, -0.25) is 14.6 Å². The number of H-pyrrole nitrogens is 1. The molecule has 11 nitrogen and oxygen atoms in total. The van der Waals surface area contributed by atoms with Gasteiger partial charge in [0.05, 0.1) is 17.5 Å². The molecular formula is C26H28N8O3. The molecule has 0 spiro atoms. The fraction of sp³-hybridized carbons (Fsp3) is 0.385. The lowest BCUT2D eigenvalue weighted by Crippen LogP contribution is -2.47. The Bertz CT molecular complexity index is 1510. The van der Waals surface area contributed by atoms with Gasteiger partial charge in [-0.1, -0.05) is 6.07 Å². The zero-order chi connectivity index (χ0) is 25.8. The van der Waals surface area contributed by atoms with Crippen LogP contribution in [-0.2, 0) is 4.79 Å². The van der Waals surface area contributed by atoms with Crippen LogP contribution in [0.3, 0.4) is 0 Å². The predicted octanol–water partition coefficient (Wildman–Crippen LogP) is 2.50. The van der Waals surface area contributed by atoms with Gasteiger partial charge in [0, 0.05) is 47.2 Å². The Morgan fingerprint density at radius 3 is 2.49 bits per heavy atom. The van der Waals surface area contributed by atoms with Crippen LogP contribution in [0.15, 0.2) is 30.7 Å². The molecule has 190 valence electrons. The molecule has 6 rings (SSSR count). The molecule has 3 atom stereocenters. The standard InChI is InChI=1S/C26H28N8O3/c1-13-9-29-25(31-13)20-6-3-15(10-28-20)19-11-30-34-24(27)22(14(2)36)23(32-26(19)34)16-7-17-4-5-18(8-16)33(17)21(37)12-35/h3,6,9-11,16-18,35H,4-5,7-8,12,27H2,1-2H3,(H,29,31)/t16-,17+,18-. The molecule has 2 aliphatic heterocycles. The third kappa shape index (κ3) is 3.77. The molecule has 0 unspecified atom stereocenters. The first-order valence-electron chi connectivity index (χ1n) is 12.4. The average Bonchev–Trinajstić information content (AvgIpc) is 3.59. The molecule has 2 bridgehead atoms. The number of aliphatic hydroxyl groups excluding tert-OH is 1. The summed E-state index contributed by atoms with van der Waals surface area (Å²) >= 11 is 0. The smallest absolute Gasteiger partial charge is 0.248 e. The number of piperidine rings is 1. The van der Waals surface area contributed by atoms with E-state index in [9.17, 15) is 14.7 Å². The van der Waals surface area contributed by atoms with Crippen LogP contribution in [-0.4, -0.2) is 69.9 Å². The largest absolute Gasteiger partial charge is 0.387 e. The quantitative estimate of drug-likeness (QED) is 0.353. The van der Waals surface area contributed by atoms with Gasteiger partial charge >= 0.3 is 0 Å². The van der Waals surface area contributed by atoms with E-state index in [-0.39, 0.29) is 35.5 Å². The zero-order valence-corrected chi connectivity index (χ0v) is 20.7. The first-order chi connectivity index (χ1) is 17.9. The molecular weight excluding hydrogens is 472 g/mol. The van der Waals surface area contributed by atoms with Crippen molar-refractivity contribution in [3.63, 3.8) is 0 Å². The second-order valence-electron chi connectivity index (χ2n) is 9.97. The molecule has 11 heteroatoms. The SMILES string of the molecule is CC(=O)c1c([C@H]2C[C@H]3CC[C@@H](C2)N3C(=O)CO)nc2c(-c3ccc(-c4ncc(C)[nH]4)nc3)cnn2c1N. The monoisotopic (exact) mass is 500 g/mol. The van der Waals surface area contributed by atoms with Crippen LogP contribution in [0.25, 0.3) is 28.3 Å². The van der Waals surface area contributed by atoms with Crippen LogP contribution in [0.1, 0.15) is 60.3 Å². The van der Waals surface area contributed by atoms with Gasteiger partial charge in [-0.05, 0) is 45.6 Å². The number of aliphatic hydroxyl groups is 1. The molecule has 6 heterocycles. The first-order valence-corrected chi connectivity index (χ1v) is 12.4. The maximum absolute atomic E-state index is 12.7. The number of hydrogen-bond donors (Lipinski definition) is 3. The van der Waals surface area contributed by atoms with Crippen molar-refractivity contribution in [2.45, 2.75) is 57.5 Å². The Morgan fingerprint density at radius 1 is 1.14 bits per heavy atom. The third-order valence-corrected chi connectivity index (χ3v) is 7.63. The second kappa shape index (κ2) is 8.77. The summed E-state index contributed by atoms with van der Waals surface area (Å²) in [7, 11) is 0. The summed E-state index contributed by atoms with van der Waals surface area (Å²) in [6, 6.07) is 3.87. The maximum atomic E-state index is 12.7. The molecule has 1 amide bonds. The number of nitrogen functional groups attached to an aromatic ring is 1. The number of Topliss-reactive ketones (excluding diaryl/α,β-unsaturated/α-hetero) is 1. The van der Waals surface area contributed by atoms with Crippen LogP contribution >= 0.6 is 0 Å². The van der Waals surface area contributed by atoms with Crippen molar-refractivity contribution in [3.8, 4) is 22.6 Å². The number of imidazole rings is 1. The minimum Gasteiger partial charge on any atom is -0.387 e. The summed E-state index contributed by atoms with van der Waals surface area (Å²) in [6.45, 7) is 2.94.